The quantitative estimate of drug-likeness (QED) is 0.373. The van der Waals surface area contributed by atoms with Crippen LogP contribution in [0.2, 0.25) is 0 Å². The van der Waals surface area contributed by atoms with Gasteiger partial charge < -0.3 is 4.74 Å². The van der Waals surface area contributed by atoms with Gasteiger partial charge in [0.2, 0.25) is 0 Å². The molecule has 0 N–H and O–H groups in total. The van der Waals surface area contributed by atoms with Crippen LogP contribution in [0.15, 0.2) is 0 Å². The molecule has 0 amide bonds. The third kappa shape index (κ3) is 11.0. The molecule has 0 aromatic carbocycles. The predicted octanol–water partition coefficient (Wildman–Crippen LogP) is 5.35. The molecule has 0 saturated heterocycles. The minimum Gasteiger partial charge on any atom is -0.463 e. The monoisotopic (exact) mass is 270 g/mol. The smallest absolute Gasteiger partial charge is 0.302 e. The normalized spacial score (nSPS) is 15.8. The van der Waals surface area contributed by atoms with Crippen molar-refractivity contribution in [1.29, 1.82) is 0 Å². The highest BCUT2D eigenvalue weighted by atomic mass is 16.5. The summed E-state index contributed by atoms with van der Waals surface area (Å²) in [5, 5.41) is 0. The van der Waals surface area contributed by atoms with E-state index in [1.54, 1.807) is 0 Å². The minimum atomic E-state index is -0.163. The molecule has 0 aliphatic carbocycles. The van der Waals surface area contributed by atoms with E-state index < -0.39 is 0 Å². The van der Waals surface area contributed by atoms with E-state index in [4.69, 9.17) is 4.74 Å². The molecule has 0 aromatic rings. The topological polar surface area (TPSA) is 26.3 Å². The van der Waals surface area contributed by atoms with E-state index >= 15 is 0 Å². The van der Waals surface area contributed by atoms with Gasteiger partial charge in [0.1, 0.15) is 6.10 Å². The van der Waals surface area contributed by atoms with E-state index in [9.17, 15) is 4.79 Å². The zero-order chi connectivity index (χ0) is 14.7. The minimum absolute atomic E-state index is 0.0531. The Hall–Kier alpha value is -0.530. The van der Waals surface area contributed by atoms with Crippen LogP contribution in [0.3, 0.4) is 0 Å². The van der Waals surface area contributed by atoms with Gasteiger partial charge in [0.15, 0.2) is 0 Å². The summed E-state index contributed by atoms with van der Waals surface area (Å²) in [6, 6.07) is 0. The molecule has 0 radical (unpaired) electrons. The number of carbonyl (C=O) groups is 1. The fraction of sp³-hybridized carbons (Fsp3) is 0.941. The van der Waals surface area contributed by atoms with Gasteiger partial charge in [-0.2, -0.15) is 0 Å². The van der Waals surface area contributed by atoms with E-state index in [0.29, 0.717) is 5.92 Å². The first kappa shape index (κ1) is 18.5. The number of hydrogen-bond donors (Lipinski definition) is 0. The van der Waals surface area contributed by atoms with E-state index in [2.05, 4.69) is 20.8 Å². The molecule has 0 aliphatic rings. The van der Waals surface area contributed by atoms with Crippen LogP contribution in [0.1, 0.15) is 86.0 Å². The van der Waals surface area contributed by atoms with Gasteiger partial charge in [-0.3, -0.25) is 4.79 Å². The third-order valence-corrected chi connectivity index (χ3v) is 4.06. The second-order valence-corrected chi connectivity index (χ2v) is 6.18. The van der Waals surface area contributed by atoms with Crippen molar-refractivity contribution >= 4 is 5.97 Å². The second-order valence-electron chi connectivity index (χ2n) is 6.18. The van der Waals surface area contributed by atoms with Crippen LogP contribution >= 0.6 is 0 Å². The molecule has 0 heterocycles. The molecule has 114 valence electrons. The lowest BCUT2D eigenvalue weighted by Gasteiger charge is -2.20. The molecule has 0 unspecified atom stereocenters. The van der Waals surface area contributed by atoms with Gasteiger partial charge in [0.05, 0.1) is 0 Å². The van der Waals surface area contributed by atoms with Gasteiger partial charge in [-0.25, -0.2) is 0 Å². The van der Waals surface area contributed by atoms with Gasteiger partial charge in [-0.05, 0) is 25.2 Å². The first-order chi connectivity index (χ1) is 8.97. The molecule has 0 fully saturated rings. The van der Waals surface area contributed by atoms with Gasteiger partial charge in [0.25, 0.3) is 0 Å². The Morgan fingerprint density at radius 2 is 1.58 bits per heavy atom. The summed E-state index contributed by atoms with van der Waals surface area (Å²) in [6.07, 6.45) is 10.6. The Balaban J connectivity index is 3.57. The summed E-state index contributed by atoms with van der Waals surface area (Å²) in [6.45, 7) is 10.3. The SMILES string of the molecule is CCCCCC[C@H](C)CCC[C@H](C)[C@@H](C)OC(C)=O. The van der Waals surface area contributed by atoms with Crippen molar-refractivity contribution in [3.8, 4) is 0 Å². The van der Waals surface area contributed by atoms with Gasteiger partial charge >= 0.3 is 5.97 Å². The van der Waals surface area contributed by atoms with Crippen molar-refractivity contribution in [2.45, 2.75) is 92.1 Å². The first-order valence-corrected chi connectivity index (χ1v) is 8.14. The maximum Gasteiger partial charge on any atom is 0.302 e. The lowest BCUT2D eigenvalue weighted by atomic mass is 9.93. The van der Waals surface area contributed by atoms with Crippen LogP contribution < -0.4 is 0 Å². The lowest BCUT2D eigenvalue weighted by Crippen LogP contribution is -2.20. The fourth-order valence-corrected chi connectivity index (χ4v) is 2.46. The summed E-state index contributed by atoms with van der Waals surface area (Å²) >= 11 is 0. The summed E-state index contributed by atoms with van der Waals surface area (Å²) in [7, 11) is 0. The van der Waals surface area contributed by atoms with E-state index in [1.165, 1.54) is 51.9 Å². The summed E-state index contributed by atoms with van der Waals surface area (Å²) in [5.41, 5.74) is 0. The second kappa shape index (κ2) is 11.3. The van der Waals surface area contributed by atoms with Gasteiger partial charge in [-0.15, -0.1) is 0 Å². The molecule has 0 saturated carbocycles. The molecule has 0 bridgehead atoms. The first-order valence-electron chi connectivity index (χ1n) is 8.14. The van der Waals surface area contributed by atoms with Crippen molar-refractivity contribution in [2.75, 3.05) is 0 Å². The number of unbranched alkanes of at least 4 members (excludes halogenated alkanes) is 3. The molecule has 19 heavy (non-hydrogen) atoms. The third-order valence-electron chi connectivity index (χ3n) is 4.06. The standard InChI is InChI=1S/C17H34O2/c1-6-7-8-9-11-14(2)12-10-13-15(3)16(4)19-17(5)18/h14-16H,6-13H2,1-5H3/t14-,15-,16+/m0/s1. The summed E-state index contributed by atoms with van der Waals surface area (Å²) < 4.78 is 5.22. The Kier molecular flexibility index (Phi) is 11.0. The van der Waals surface area contributed by atoms with Crippen LogP contribution in [0.4, 0.5) is 0 Å². The molecule has 2 heteroatoms. The molecular formula is C17H34O2. The zero-order valence-electron chi connectivity index (χ0n) is 13.7. The summed E-state index contributed by atoms with van der Waals surface area (Å²) in [5.74, 6) is 1.15. The van der Waals surface area contributed by atoms with Crippen molar-refractivity contribution in [1.82, 2.24) is 0 Å². The molecule has 2 nitrogen and oxygen atoms in total. The van der Waals surface area contributed by atoms with Crippen LogP contribution in [0, 0.1) is 11.8 Å². The average Bonchev–Trinajstić information content (AvgIpc) is 2.33. The van der Waals surface area contributed by atoms with Crippen LogP contribution in [-0.4, -0.2) is 12.1 Å². The van der Waals surface area contributed by atoms with Crippen molar-refractivity contribution < 1.29 is 9.53 Å². The number of hydrogen-bond acceptors (Lipinski definition) is 2. The van der Waals surface area contributed by atoms with Crippen LogP contribution in [0.25, 0.3) is 0 Å². The Morgan fingerprint density at radius 3 is 2.16 bits per heavy atom. The van der Waals surface area contributed by atoms with Crippen molar-refractivity contribution in [2.24, 2.45) is 11.8 Å². The highest BCUT2D eigenvalue weighted by molar-refractivity contribution is 5.66. The van der Waals surface area contributed by atoms with E-state index in [0.717, 1.165) is 12.3 Å². The van der Waals surface area contributed by atoms with Gasteiger partial charge in [-0.1, -0.05) is 65.7 Å². The number of esters is 1. The highest BCUT2D eigenvalue weighted by Gasteiger charge is 2.15. The van der Waals surface area contributed by atoms with Gasteiger partial charge in [0, 0.05) is 6.92 Å². The zero-order valence-corrected chi connectivity index (χ0v) is 13.7. The van der Waals surface area contributed by atoms with E-state index in [-0.39, 0.29) is 12.1 Å². The molecule has 0 aliphatic heterocycles. The van der Waals surface area contributed by atoms with Crippen molar-refractivity contribution in [3.63, 3.8) is 0 Å². The Bertz CT molecular complexity index is 225. The summed E-state index contributed by atoms with van der Waals surface area (Å²) in [4.78, 5) is 10.9. The number of rotatable bonds is 11. The molecule has 0 aromatic heterocycles. The van der Waals surface area contributed by atoms with Crippen LogP contribution in [-0.2, 0) is 9.53 Å². The number of ether oxygens (including phenoxy) is 1. The lowest BCUT2D eigenvalue weighted by molar-refractivity contribution is -0.147. The highest BCUT2D eigenvalue weighted by Crippen LogP contribution is 2.20. The number of carbonyl (C=O) groups excluding carboxylic acids is 1. The van der Waals surface area contributed by atoms with E-state index in [1.807, 2.05) is 6.92 Å². The predicted molar refractivity (Wildman–Crippen MR) is 82.2 cm³/mol. The molecule has 3 atom stereocenters. The Labute approximate surface area is 120 Å². The van der Waals surface area contributed by atoms with Crippen LogP contribution in [0.5, 0.6) is 0 Å². The molecule has 0 spiro atoms. The fourth-order valence-electron chi connectivity index (χ4n) is 2.46. The average molecular weight is 270 g/mol. The Morgan fingerprint density at radius 1 is 0.947 bits per heavy atom. The molecule has 0 rings (SSSR count). The largest absolute Gasteiger partial charge is 0.463 e. The molecular weight excluding hydrogens is 236 g/mol. The van der Waals surface area contributed by atoms with Crippen molar-refractivity contribution in [3.05, 3.63) is 0 Å². The maximum absolute atomic E-state index is 10.9. The maximum atomic E-state index is 10.9.